The van der Waals surface area contributed by atoms with Gasteiger partial charge in [-0.1, -0.05) is 30.3 Å². The zero-order chi connectivity index (χ0) is 11.7. The summed E-state index contributed by atoms with van der Waals surface area (Å²) in [7, 11) is 0. The van der Waals surface area contributed by atoms with Gasteiger partial charge in [0.1, 0.15) is 23.3 Å². The Hall–Kier alpha value is -2.08. The fraction of sp³-hybridized carbons (Fsp3) is 0.286. The molecule has 0 spiro atoms. The van der Waals surface area contributed by atoms with Gasteiger partial charge >= 0.3 is 0 Å². The van der Waals surface area contributed by atoms with Gasteiger partial charge in [0.2, 0.25) is 0 Å². The average molecular weight is 223 g/mol. The molecule has 0 unspecified atom stereocenters. The highest BCUT2D eigenvalue weighted by Gasteiger charge is 2.20. The summed E-state index contributed by atoms with van der Waals surface area (Å²) in [5, 5.41) is 9.31. The molecular weight excluding hydrogens is 210 g/mol. The normalized spacial score (nSPS) is 14.1. The zero-order valence-corrected chi connectivity index (χ0v) is 9.56. The maximum atomic E-state index is 9.31. The molecule has 3 nitrogen and oxygen atoms in total. The molecule has 1 aromatic carbocycles. The van der Waals surface area contributed by atoms with Gasteiger partial charge in [0.15, 0.2) is 0 Å². The van der Waals surface area contributed by atoms with E-state index in [1.54, 1.807) is 0 Å². The molecule has 0 fully saturated rings. The summed E-state index contributed by atoms with van der Waals surface area (Å²) < 4.78 is 2.08. The van der Waals surface area contributed by atoms with Crippen LogP contribution in [-0.2, 0) is 13.0 Å². The Kier molecular flexibility index (Phi) is 2.41. The topological polar surface area (TPSA) is 41.6 Å². The summed E-state index contributed by atoms with van der Waals surface area (Å²) >= 11 is 0. The minimum atomic E-state index is 0.714. The highest BCUT2D eigenvalue weighted by atomic mass is 15.1. The molecule has 1 aliphatic heterocycles. The molecule has 3 heteroatoms. The van der Waals surface area contributed by atoms with Crippen LogP contribution in [0.5, 0.6) is 0 Å². The summed E-state index contributed by atoms with van der Waals surface area (Å²) in [6, 6.07) is 12.3. The van der Waals surface area contributed by atoms with Crippen molar-refractivity contribution in [2.75, 3.05) is 0 Å². The van der Waals surface area contributed by atoms with E-state index in [2.05, 4.69) is 15.6 Å². The van der Waals surface area contributed by atoms with Crippen molar-refractivity contribution in [3.8, 4) is 17.3 Å². The quantitative estimate of drug-likeness (QED) is 0.746. The molecule has 17 heavy (non-hydrogen) atoms. The number of aryl methyl sites for hydroxylation is 1. The van der Waals surface area contributed by atoms with Gasteiger partial charge < -0.3 is 4.57 Å². The number of rotatable bonds is 1. The third-order valence-corrected chi connectivity index (χ3v) is 3.23. The Morgan fingerprint density at radius 2 is 2.00 bits per heavy atom. The molecule has 0 radical (unpaired) electrons. The maximum Gasteiger partial charge on any atom is 0.148 e. The number of fused-ring (bicyclic) bond motifs is 1. The number of hydrogen-bond donors (Lipinski definition) is 0. The molecule has 0 aliphatic carbocycles. The first-order chi connectivity index (χ1) is 8.40. The van der Waals surface area contributed by atoms with Crippen LogP contribution in [0.3, 0.4) is 0 Å². The Labute approximate surface area is 100 Å². The first-order valence-corrected chi connectivity index (χ1v) is 5.95. The summed E-state index contributed by atoms with van der Waals surface area (Å²) in [6.45, 7) is 0.929. The maximum absolute atomic E-state index is 9.31. The van der Waals surface area contributed by atoms with E-state index in [-0.39, 0.29) is 0 Å². The monoisotopic (exact) mass is 223 g/mol. The van der Waals surface area contributed by atoms with Crippen molar-refractivity contribution in [1.82, 2.24) is 9.55 Å². The first-order valence-electron chi connectivity index (χ1n) is 5.95. The molecule has 0 amide bonds. The highest BCUT2D eigenvalue weighted by molar-refractivity contribution is 5.65. The van der Waals surface area contributed by atoms with Gasteiger partial charge in [-0.15, -0.1) is 0 Å². The molecule has 0 N–H and O–H groups in total. The van der Waals surface area contributed by atoms with Gasteiger partial charge in [0.25, 0.3) is 0 Å². The van der Waals surface area contributed by atoms with Crippen molar-refractivity contribution < 1.29 is 0 Å². The minimum absolute atomic E-state index is 0.714. The van der Waals surface area contributed by atoms with E-state index in [9.17, 15) is 5.26 Å². The number of imidazole rings is 1. The van der Waals surface area contributed by atoms with Crippen LogP contribution in [-0.4, -0.2) is 9.55 Å². The van der Waals surface area contributed by atoms with Crippen LogP contribution in [0.1, 0.15) is 24.4 Å². The smallest absolute Gasteiger partial charge is 0.148 e. The molecule has 0 saturated heterocycles. The van der Waals surface area contributed by atoms with E-state index in [4.69, 9.17) is 0 Å². The van der Waals surface area contributed by atoms with Crippen molar-refractivity contribution >= 4 is 0 Å². The van der Waals surface area contributed by atoms with Crippen molar-refractivity contribution in [3.05, 3.63) is 41.9 Å². The molecule has 2 heterocycles. The summed E-state index contributed by atoms with van der Waals surface area (Å²) in [6.07, 6.45) is 3.31. The van der Waals surface area contributed by atoms with Gasteiger partial charge in [-0.25, -0.2) is 4.98 Å². The second kappa shape index (κ2) is 4.06. The standard InChI is InChI=1S/C14H13N3/c15-10-12-14(11-6-2-1-3-7-11)16-13-8-4-5-9-17(12)13/h1-3,6-7H,4-5,8-9H2. The van der Waals surface area contributed by atoms with Crippen LogP contribution >= 0.6 is 0 Å². The predicted octanol–water partition coefficient (Wildman–Crippen LogP) is 2.76. The number of aromatic nitrogens is 2. The molecular formula is C14H13N3. The van der Waals surface area contributed by atoms with Crippen LogP contribution in [0.25, 0.3) is 11.3 Å². The SMILES string of the molecule is N#Cc1c(-c2ccccc2)nc2n1CCCC2. The summed E-state index contributed by atoms with van der Waals surface area (Å²) in [5.41, 5.74) is 2.59. The average Bonchev–Trinajstić information content (AvgIpc) is 2.78. The van der Waals surface area contributed by atoms with E-state index < -0.39 is 0 Å². The lowest BCUT2D eigenvalue weighted by Gasteiger charge is -2.13. The van der Waals surface area contributed by atoms with Gasteiger partial charge in [-0.3, -0.25) is 0 Å². The van der Waals surface area contributed by atoms with Crippen LogP contribution in [0, 0.1) is 11.3 Å². The van der Waals surface area contributed by atoms with E-state index in [1.807, 2.05) is 30.3 Å². The lowest BCUT2D eigenvalue weighted by molar-refractivity contribution is 0.519. The number of benzene rings is 1. The summed E-state index contributed by atoms with van der Waals surface area (Å²) in [5.74, 6) is 1.06. The van der Waals surface area contributed by atoms with Crippen molar-refractivity contribution in [2.45, 2.75) is 25.8 Å². The Morgan fingerprint density at radius 1 is 1.18 bits per heavy atom. The number of hydrogen-bond acceptors (Lipinski definition) is 2. The van der Waals surface area contributed by atoms with E-state index >= 15 is 0 Å². The Morgan fingerprint density at radius 3 is 2.76 bits per heavy atom. The highest BCUT2D eigenvalue weighted by Crippen LogP contribution is 2.26. The predicted molar refractivity (Wildman–Crippen MR) is 65.3 cm³/mol. The Bertz CT molecular complexity index is 576. The zero-order valence-electron chi connectivity index (χ0n) is 9.56. The fourth-order valence-corrected chi connectivity index (χ4v) is 2.39. The van der Waals surface area contributed by atoms with Crippen LogP contribution in [0.4, 0.5) is 0 Å². The fourth-order valence-electron chi connectivity index (χ4n) is 2.39. The van der Waals surface area contributed by atoms with Crippen LogP contribution in [0.15, 0.2) is 30.3 Å². The molecule has 3 rings (SSSR count). The minimum Gasteiger partial charge on any atom is -0.319 e. The molecule has 2 aromatic rings. The van der Waals surface area contributed by atoms with E-state index in [1.165, 1.54) is 6.42 Å². The van der Waals surface area contributed by atoms with Crippen LogP contribution in [0.2, 0.25) is 0 Å². The van der Waals surface area contributed by atoms with Crippen molar-refractivity contribution in [3.63, 3.8) is 0 Å². The van der Waals surface area contributed by atoms with Gasteiger partial charge in [-0.05, 0) is 12.8 Å². The van der Waals surface area contributed by atoms with Crippen molar-refractivity contribution in [2.24, 2.45) is 0 Å². The first kappa shape index (κ1) is 10.1. The molecule has 0 saturated carbocycles. The Balaban J connectivity index is 2.18. The van der Waals surface area contributed by atoms with Gasteiger partial charge in [-0.2, -0.15) is 5.26 Å². The van der Waals surface area contributed by atoms with Gasteiger partial charge in [0.05, 0.1) is 0 Å². The largest absolute Gasteiger partial charge is 0.319 e. The number of nitriles is 1. The second-order valence-corrected chi connectivity index (χ2v) is 4.31. The van der Waals surface area contributed by atoms with Crippen LogP contribution < -0.4 is 0 Å². The van der Waals surface area contributed by atoms with E-state index in [0.29, 0.717) is 5.69 Å². The molecule has 1 aromatic heterocycles. The summed E-state index contributed by atoms with van der Waals surface area (Å²) in [4.78, 5) is 4.63. The van der Waals surface area contributed by atoms with E-state index in [0.717, 1.165) is 36.5 Å². The molecule has 84 valence electrons. The molecule has 1 aliphatic rings. The second-order valence-electron chi connectivity index (χ2n) is 4.31. The van der Waals surface area contributed by atoms with Crippen molar-refractivity contribution in [1.29, 1.82) is 5.26 Å². The molecule has 0 bridgehead atoms. The lowest BCUT2D eigenvalue weighted by Crippen LogP contribution is -2.11. The van der Waals surface area contributed by atoms with Gasteiger partial charge in [0, 0.05) is 18.5 Å². The number of nitrogens with zero attached hydrogens (tertiary/aromatic N) is 3. The third-order valence-electron chi connectivity index (χ3n) is 3.23. The lowest BCUT2D eigenvalue weighted by atomic mass is 10.1. The third kappa shape index (κ3) is 1.62. The molecule has 0 atom stereocenters.